The number of azo groups is 1. The Morgan fingerprint density at radius 2 is 1.69 bits per heavy atom. The van der Waals surface area contributed by atoms with Gasteiger partial charge in [-0.3, -0.25) is 10.1 Å². The topological polar surface area (TPSA) is 162 Å². The average Bonchev–Trinajstić information content (AvgIpc) is 3.05. The molecule has 0 fully saturated rings. The van der Waals surface area contributed by atoms with E-state index in [1.165, 1.54) is 11.6 Å². The number of urea groups is 1. The highest BCUT2D eigenvalue weighted by atomic mass is 16.5. The maximum absolute atomic E-state index is 12.4. The summed E-state index contributed by atoms with van der Waals surface area (Å²) in [5.41, 5.74) is 3.93. The molecule has 3 rings (SSSR count). The zero-order valence-corrected chi connectivity index (χ0v) is 29.7. The number of aryl methyl sites for hydroxylation is 2. The van der Waals surface area contributed by atoms with E-state index < -0.39 is 17.7 Å². The van der Waals surface area contributed by atoms with Crippen LogP contribution in [-0.4, -0.2) is 68.6 Å². The normalized spacial score (nSPS) is 12.0. The summed E-state index contributed by atoms with van der Waals surface area (Å²) in [5.74, 6) is 0.291. The Balaban J connectivity index is 1.32. The molecule has 0 aliphatic heterocycles. The van der Waals surface area contributed by atoms with Gasteiger partial charge in [0, 0.05) is 50.8 Å². The molecule has 0 aliphatic rings. The Bertz CT molecular complexity index is 1540. The summed E-state index contributed by atoms with van der Waals surface area (Å²) in [6.07, 6.45) is 3.09. The summed E-state index contributed by atoms with van der Waals surface area (Å²) in [5, 5.41) is 17.0. The molecule has 1 unspecified atom stereocenters. The molecule has 1 atom stereocenters. The Hall–Kier alpha value is -4.78. The number of methoxy groups -OCH3 is 1. The van der Waals surface area contributed by atoms with Crippen LogP contribution >= 0.6 is 0 Å². The molecule has 266 valence electrons. The zero-order valence-electron chi connectivity index (χ0n) is 29.7. The van der Waals surface area contributed by atoms with Crippen LogP contribution in [0.1, 0.15) is 58.2 Å². The highest BCUT2D eigenvalue weighted by molar-refractivity contribution is 5.87. The molecular formula is C36H52N8O5. The minimum absolute atomic E-state index is 0.0758. The highest BCUT2D eigenvalue weighted by Crippen LogP contribution is 2.28. The van der Waals surface area contributed by atoms with Crippen molar-refractivity contribution in [2.45, 2.75) is 60.3 Å². The lowest BCUT2D eigenvalue weighted by Crippen LogP contribution is -2.35. The number of hydrogen-bond donors (Lipinski definition) is 4. The summed E-state index contributed by atoms with van der Waals surface area (Å²) in [7, 11) is 1.71. The number of nitrogens with one attached hydrogen (secondary N) is 4. The van der Waals surface area contributed by atoms with Gasteiger partial charge in [-0.05, 0) is 92.8 Å². The van der Waals surface area contributed by atoms with Crippen LogP contribution in [0.15, 0.2) is 69.6 Å². The van der Waals surface area contributed by atoms with Gasteiger partial charge in [-0.1, -0.05) is 32.9 Å². The molecule has 49 heavy (non-hydrogen) atoms. The van der Waals surface area contributed by atoms with Gasteiger partial charge in [0.25, 0.3) is 5.56 Å². The van der Waals surface area contributed by atoms with E-state index in [0.29, 0.717) is 25.3 Å². The zero-order chi connectivity index (χ0) is 35.6. The third kappa shape index (κ3) is 14.9. The standard InChI is InChI=1S/C36H52N8O5/c1-7-44(31-16-14-30(15-17-31)43-42-29-12-10-28(11-13-29)9-8-21-48-6)20-22-49-35(47)37-19-18-36(4,5)24-26(2)25-38-34(46)41-33-39-27(3)23-32(45)40-33/h10-17,23,26H,7-9,18-22,24-25H2,1-6H3,(H,37,47)(H3,38,39,40,41,45,46)/b43-42+. The molecule has 0 saturated heterocycles. The van der Waals surface area contributed by atoms with Crippen molar-refractivity contribution in [1.82, 2.24) is 20.6 Å². The van der Waals surface area contributed by atoms with Gasteiger partial charge in [0.05, 0.1) is 17.9 Å². The first-order valence-electron chi connectivity index (χ1n) is 16.8. The maximum atomic E-state index is 12.4. The number of nitrogens with zero attached hydrogens (tertiary/aromatic N) is 4. The molecule has 1 aromatic heterocycles. The number of rotatable bonds is 19. The van der Waals surface area contributed by atoms with E-state index in [9.17, 15) is 14.4 Å². The summed E-state index contributed by atoms with van der Waals surface area (Å²) in [6, 6.07) is 16.8. The van der Waals surface area contributed by atoms with Crippen molar-refractivity contribution < 1.29 is 19.1 Å². The number of anilines is 2. The lowest BCUT2D eigenvalue weighted by atomic mass is 9.80. The van der Waals surface area contributed by atoms with Crippen LogP contribution in [0.25, 0.3) is 0 Å². The van der Waals surface area contributed by atoms with E-state index in [4.69, 9.17) is 9.47 Å². The number of hydrogen-bond acceptors (Lipinski definition) is 9. The van der Waals surface area contributed by atoms with Crippen LogP contribution < -0.4 is 26.4 Å². The number of H-pyrrole nitrogens is 1. The average molecular weight is 677 g/mol. The molecule has 13 heteroatoms. The number of alkyl carbamates (subject to hydrolysis) is 1. The lowest BCUT2D eigenvalue weighted by molar-refractivity contribution is 0.146. The smallest absolute Gasteiger partial charge is 0.407 e. The Morgan fingerprint density at radius 1 is 1.02 bits per heavy atom. The number of aromatic amines is 1. The van der Waals surface area contributed by atoms with E-state index in [1.54, 1.807) is 14.0 Å². The highest BCUT2D eigenvalue weighted by Gasteiger charge is 2.22. The fourth-order valence-corrected chi connectivity index (χ4v) is 5.44. The first kappa shape index (κ1) is 38.7. The lowest BCUT2D eigenvalue weighted by Gasteiger charge is -2.28. The van der Waals surface area contributed by atoms with E-state index >= 15 is 0 Å². The Kier molecular flexibility index (Phi) is 15.7. The first-order chi connectivity index (χ1) is 23.5. The van der Waals surface area contributed by atoms with Crippen molar-refractivity contribution in [2.75, 3.05) is 56.7 Å². The number of amides is 3. The predicted octanol–water partition coefficient (Wildman–Crippen LogP) is 6.89. The number of ether oxygens (including phenoxy) is 2. The molecular weight excluding hydrogens is 624 g/mol. The minimum Gasteiger partial charge on any atom is -0.448 e. The van der Waals surface area contributed by atoms with Gasteiger partial charge >= 0.3 is 12.1 Å². The van der Waals surface area contributed by atoms with Crippen molar-refractivity contribution in [3.63, 3.8) is 0 Å². The third-order valence-corrected chi connectivity index (χ3v) is 7.91. The summed E-state index contributed by atoms with van der Waals surface area (Å²) in [6.45, 7) is 13.3. The quantitative estimate of drug-likeness (QED) is 0.0794. The Labute approximate surface area is 289 Å². The second kappa shape index (κ2) is 19.9. The van der Waals surface area contributed by atoms with Gasteiger partial charge < -0.3 is 30.0 Å². The molecule has 0 bridgehead atoms. The number of likely N-dealkylation sites (N-methyl/N-ethyl adjacent to an activating group) is 1. The SMILES string of the molecule is CCN(CCOC(=O)NCCC(C)(C)CC(C)CNC(=O)Nc1nc(=O)cc(C)[nH]1)c1ccc(/N=N/c2ccc(CCCOC)cc2)cc1. The largest absolute Gasteiger partial charge is 0.448 e. The molecule has 0 radical (unpaired) electrons. The molecule has 0 saturated carbocycles. The number of carbonyl (C=O) groups is 2. The van der Waals surface area contributed by atoms with Crippen molar-refractivity contribution >= 4 is 35.1 Å². The predicted molar refractivity (Wildman–Crippen MR) is 193 cm³/mol. The molecule has 13 nitrogen and oxygen atoms in total. The fraction of sp³-hybridized carbons (Fsp3) is 0.500. The Morgan fingerprint density at radius 3 is 2.33 bits per heavy atom. The second-order valence-electron chi connectivity index (χ2n) is 12.9. The summed E-state index contributed by atoms with van der Waals surface area (Å²) >= 11 is 0. The van der Waals surface area contributed by atoms with Crippen LogP contribution in [-0.2, 0) is 15.9 Å². The van der Waals surface area contributed by atoms with Crippen molar-refractivity contribution in [3.05, 3.63) is 76.2 Å². The van der Waals surface area contributed by atoms with Crippen LogP contribution in [0.2, 0.25) is 0 Å². The van der Waals surface area contributed by atoms with E-state index in [2.05, 4.69) is 80.9 Å². The third-order valence-electron chi connectivity index (χ3n) is 7.91. The maximum Gasteiger partial charge on any atom is 0.407 e. The molecule has 4 N–H and O–H groups in total. The second-order valence-corrected chi connectivity index (χ2v) is 12.9. The van der Waals surface area contributed by atoms with Gasteiger partial charge in [0.2, 0.25) is 5.95 Å². The van der Waals surface area contributed by atoms with Gasteiger partial charge in [-0.15, -0.1) is 0 Å². The first-order valence-corrected chi connectivity index (χ1v) is 16.8. The monoisotopic (exact) mass is 676 g/mol. The molecule has 3 aromatic rings. The number of carbonyl (C=O) groups excluding carboxylic acids is 2. The van der Waals surface area contributed by atoms with Crippen molar-refractivity contribution in [3.8, 4) is 0 Å². The van der Waals surface area contributed by atoms with Crippen LogP contribution in [0.4, 0.5) is 32.6 Å². The molecule has 0 aliphatic carbocycles. The minimum atomic E-state index is -0.445. The van der Waals surface area contributed by atoms with Crippen molar-refractivity contribution in [2.24, 2.45) is 21.6 Å². The van der Waals surface area contributed by atoms with Crippen LogP contribution in [0, 0.1) is 18.3 Å². The van der Waals surface area contributed by atoms with Gasteiger partial charge in [-0.25, -0.2) is 9.59 Å². The van der Waals surface area contributed by atoms with Crippen molar-refractivity contribution in [1.29, 1.82) is 0 Å². The fourth-order valence-electron chi connectivity index (χ4n) is 5.44. The molecule has 3 amide bonds. The number of aromatic nitrogens is 2. The molecule has 1 heterocycles. The van der Waals surface area contributed by atoms with E-state index in [-0.39, 0.29) is 23.9 Å². The molecule has 0 spiro atoms. The van der Waals surface area contributed by atoms with Gasteiger partial charge in [0.1, 0.15) is 6.61 Å². The van der Waals surface area contributed by atoms with Crippen LogP contribution in [0.3, 0.4) is 0 Å². The summed E-state index contributed by atoms with van der Waals surface area (Å²) in [4.78, 5) is 44.9. The molecule has 2 aromatic carbocycles. The summed E-state index contributed by atoms with van der Waals surface area (Å²) < 4.78 is 10.6. The van der Waals surface area contributed by atoms with E-state index in [1.807, 2.05) is 36.4 Å². The van der Waals surface area contributed by atoms with Gasteiger partial charge in [0.15, 0.2) is 0 Å². The van der Waals surface area contributed by atoms with E-state index in [0.717, 1.165) is 55.9 Å². The number of benzene rings is 2. The van der Waals surface area contributed by atoms with Gasteiger partial charge in [-0.2, -0.15) is 15.2 Å². The van der Waals surface area contributed by atoms with Crippen LogP contribution in [0.5, 0.6) is 0 Å².